The van der Waals surface area contributed by atoms with E-state index in [2.05, 4.69) is 36.4 Å². The number of carbonyl (C=O) groups is 1. The minimum absolute atomic E-state index is 0.0237. The minimum atomic E-state index is -0.368. The van der Waals surface area contributed by atoms with Crippen molar-refractivity contribution >= 4 is 28.6 Å². The molecule has 0 fully saturated rings. The van der Waals surface area contributed by atoms with Crippen LogP contribution in [0.2, 0.25) is 0 Å². The highest BCUT2D eigenvalue weighted by Crippen LogP contribution is 2.33. The molecular formula is C13H25IO2. The van der Waals surface area contributed by atoms with Gasteiger partial charge < -0.3 is 4.74 Å². The number of halogens is 1. The molecule has 0 rings (SSSR count). The molecule has 0 atom stereocenters. The van der Waals surface area contributed by atoms with Gasteiger partial charge in [-0.1, -0.05) is 36.4 Å². The van der Waals surface area contributed by atoms with Gasteiger partial charge in [0.2, 0.25) is 0 Å². The van der Waals surface area contributed by atoms with Gasteiger partial charge in [0.15, 0.2) is 0 Å². The summed E-state index contributed by atoms with van der Waals surface area (Å²) in [6.45, 7) is 12.2. The van der Waals surface area contributed by atoms with Crippen molar-refractivity contribution in [2.75, 3.05) is 4.43 Å². The molecule has 0 aliphatic carbocycles. The van der Waals surface area contributed by atoms with Crippen LogP contribution in [0.4, 0.5) is 0 Å². The number of esters is 1. The maximum Gasteiger partial charge on any atom is 0.311 e. The molecule has 0 bridgehead atoms. The molecule has 0 saturated heterocycles. The first kappa shape index (κ1) is 16.2. The summed E-state index contributed by atoms with van der Waals surface area (Å²) in [5, 5.41) is 0. The highest BCUT2D eigenvalue weighted by Gasteiger charge is 2.32. The van der Waals surface area contributed by atoms with E-state index in [0.29, 0.717) is 5.41 Å². The molecule has 0 amide bonds. The lowest BCUT2D eigenvalue weighted by Crippen LogP contribution is -2.30. The van der Waals surface area contributed by atoms with Crippen molar-refractivity contribution in [3.05, 3.63) is 0 Å². The van der Waals surface area contributed by atoms with Gasteiger partial charge in [0.1, 0.15) is 0 Å². The molecule has 0 aliphatic heterocycles. The first-order valence-electron chi connectivity index (χ1n) is 5.88. The summed E-state index contributed by atoms with van der Waals surface area (Å²) in [5.74, 6) is -0.0771. The van der Waals surface area contributed by atoms with Crippen molar-refractivity contribution < 1.29 is 9.53 Å². The first-order valence-corrected chi connectivity index (χ1v) is 7.40. The third kappa shape index (κ3) is 6.06. The number of hydrogen-bond acceptors (Lipinski definition) is 2. The van der Waals surface area contributed by atoms with Crippen molar-refractivity contribution in [2.24, 2.45) is 10.8 Å². The largest absolute Gasteiger partial charge is 0.463 e. The Morgan fingerprint density at radius 1 is 1.19 bits per heavy atom. The Balaban J connectivity index is 4.29. The molecule has 0 radical (unpaired) electrons. The second-order valence-corrected chi connectivity index (χ2v) is 6.90. The van der Waals surface area contributed by atoms with Crippen molar-refractivity contribution in [1.29, 1.82) is 0 Å². The van der Waals surface area contributed by atoms with E-state index in [4.69, 9.17) is 4.74 Å². The summed E-state index contributed by atoms with van der Waals surface area (Å²) in [7, 11) is 0. The molecule has 0 aromatic heterocycles. The third-order valence-electron chi connectivity index (χ3n) is 2.68. The van der Waals surface area contributed by atoms with Crippen LogP contribution in [0.5, 0.6) is 0 Å². The zero-order chi connectivity index (χ0) is 13.0. The van der Waals surface area contributed by atoms with Gasteiger partial charge in [0.25, 0.3) is 0 Å². The van der Waals surface area contributed by atoms with Gasteiger partial charge in [-0.05, 0) is 46.0 Å². The molecule has 0 aromatic rings. The summed E-state index contributed by atoms with van der Waals surface area (Å²) >= 11 is 2.40. The van der Waals surface area contributed by atoms with Gasteiger partial charge in [0, 0.05) is 4.43 Å². The second kappa shape index (κ2) is 6.22. The van der Waals surface area contributed by atoms with Crippen LogP contribution >= 0.6 is 22.6 Å². The van der Waals surface area contributed by atoms with Crippen LogP contribution in [0.15, 0.2) is 0 Å². The molecule has 3 heteroatoms. The molecular weight excluding hydrogens is 315 g/mol. The molecule has 0 unspecified atom stereocenters. The number of hydrogen-bond donors (Lipinski definition) is 0. The third-order valence-corrected chi connectivity index (χ3v) is 4.75. The maximum atomic E-state index is 11.9. The zero-order valence-electron chi connectivity index (χ0n) is 11.4. The van der Waals surface area contributed by atoms with E-state index < -0.39 is 0 Å². The van der Waals surface area contributed by atoms with E-state index in [1.165, 1.54) is 0 Å². The monoisotopic (exact) mass is 340 g/mol. The molecule has 0 N–H and O–H groups in total. The zero-order valence-corrected chi connectivity index (χ0v) is 13.6. The smallest absolute Gasteiger partial charge is 0.311 e. The lowest BCUT2D eigenvalue weighted by molar-refractivity contribution is -0.158. The van der Waals surface area contributed by atoms with E-state index in [-0.39, 0.29) is 17.5 Å². The minimum Gasteiger partial charge on any atom is -0.463 e. The SMILES string of the molecule is CC(C)OC(=O)C(C)(C)CCC(C)(C)CI. The molecule has 2 nitrogen and oxygen atoms in total. The van der Waals surface area contributed by atoms with E-state index in [1.54, 1.807) is 0 Å². The van der Waals surface area contributed by atoms with Crippen molar-refractivity contribution in [3.63, 3.8) is 0 Å². The van der Waals surface area contributed by atoms with Crippen LogP contribution < -0.4 is 0 Å². The fourth-order valence-electron chi connectivity index (χ4n) is 1.19. The van der Waals surface area contributed by atoms with Crippen LogP contribution in [0.3, 0.4) is 0 Å². The summed E-state index contributed by atoms with van der Waals surface area (Å²) < 4.78 is 6.38. The van der Waals surface area contributed by atoms with Crippen LogP contribution in [0.1, 0.15) is 54.4 Å². The molecule has 0 aliphatic rings. The van der Waals surface area contributed by atoms with Crippen LogP contribution in [0, 0.1) is 10.8 Å². The van der Waals surface area contributed by atoms with Crippen molar-refractivity contribution in [1.82, 2.24) is 0 Å². The normalized spacial score (nSPS) is 13.0. The summed E-state index contributed by atoms with van der Waals surface area (Å²) in [6, 6.07) is 0. The average molecular weight is 340 g/mol. The molecule has 96 valence electrons. The van der Waals surface area contributed by atoms with Gasteiger partial charge >= 0.3 is 5.97 Å². The van der Waals surface area contributed by atoms with Crippen molar-refractivity contribution in [3.8, 4) is 0 Å². The topological polar surface area (TPSA) is 26.3 Å². The van der Waals surface area contributed by atoms with E-state index in [1.807, 2.05) is 27.7 Å². The van der Waals surface area contributed by atoms with E-state index >= 15 is 0 Å². The molecule has 0 aromatic carbocycles. The van der Waals surface area contributed by atoms with Gasteiger partial charge in [-0.3, -0.25) is 4.79 Å². The predicted octanol–water partition coefficient (Wildman–Crippen LogP) is 4.21. The Morgan fingerprint density at radius 2 is 1.69 bits per heavy atom. The molecule has 0 saturated carbocycles. The van der Waals surface area contributed by atoms with Gasteiger partial charge in [0.05, 0.1) is 11.5 Å². The average Bonchev–Trinajstić information content (AvgIpc) is 2.14. The standard InChI is InChI=1S/C13H25IO2/c1-10(2)16-11(15)13(5,6)8-7-12(3,4)9-14/h10H,7-9H2,1-6H3. The van der Waals surface area contributed by atoms with Crippen LogP contribution in [-0.4, -0.2) is 16.5 Å². The summed E-state index contributed by atoms with van der Waals surface area (Å²) in [6.07, 6.45) is 1.91. The Kier molecular flexibility index (Phi) is 6.30. The first-order chi connectivity index (χ1) is 7.10. The van der Waals surface area contributed by atoms with Crippen LogP contribution in [0.25, 0.3) is 0 Å². The van der Waals surface area contributed by atoms with Gasteiger partial charge in [-0.25, -0.2) is 0 Å². The quantitative estimate of drug-likeness (QED) is 0.411. The van der Waals surface area contributed by atoms with Gasteiger partial charge in [-0.2, -0.15) is 0 Å². The van der Waals surface area contributed by atoms with E-state index in [0.717, 1.165) is 17.3 Å². The maximum absolute atomic E-state index is 11.9. The highest BCUT2D eigenvalue weighted by molar-refractivity contribution is 14.1. The molecule has 0 spiro atoms. The molecule has 16 heavy (non-hydrogen) atoms. The Bertz CT molecular complexity index is 232. The fourth-order valence-corrected chi connectivity index (χ4v) is 1.57. The van der Waals surface area contributed by atoms with Crippen molar-refractivity contribution in [2.45, 2.75) is 60.5 Å². The lowest BCUT2D eigenvalue weighted by atomic mass is 9.80. The Labute approximate surface area is 114 Å². The Hall–Kier alpha value is 0.200. The van der Waals surface area contributed by atoms with E-state index in [9.17, 15) is 4.79 Å². The summed E-state index contributed by atoms with van der Waals surface area (Å²) in [4.78, 5) is 11.9. The second-order valence-electron chi connectivity index (χ2n) is 6.14. The lowest BCUT2D eigenvalue weighted by Gasteiger charge is -2.29. The number of ether oxygens (including phenoxy) is 1. The fraction of sp³-hybridized carbons (Fsp3) is 0.923. The number of rotatable bonds is 6. The predicted molar refractivity (Wildman–Crippen MR) is 76.9 cm³/mol. The highest BCUT2D eigenvalue weighted by atomic mass is 127. The Morgan fingerprint density at radius 3 is 2.06 bits per heavy atom. The number of alkyl halides is 1. The molecule has 0 heterocycles. The van der Waals surface area contributed by atoms with Crippen LogP contribution in [-0.2, 0) is 9.53 Å². The van der Waals surface area contributed by atoms with Gasteiger partial charge in [-0.15, -0.1) is 0 Å². The number of carbonyl (C=O) groups excluding carboxylic acids is 1. The summed E-state index contributed by atoms with van der Waals surface area (Å²) in [5.41, 5.74) is -0.0662.